The minimum atomic E-state index is -1.83. The number of rotatable bonds is 18. The second kappa shape index (κ2) is 21.4. The van der Waals surface area contributed by atoms with Crippen LogP contribution in [-0.2, 0) is 0 Å². The van der Waals surface area contributed by atoms with Crippen molar-refractivity contribution in [3.05, 3.63) is 254 Å². The van der Waals surface area contributed by atoms with Crippen molar-refractivity contribution in [2.45, 2.75) is 21.3 Å². The third kappa shape index (κ3) is 10.8. The molecule has 292 valence electrons. The third-order valence-corrected chi connectivity index (χ3v) is 34.6. The molecular weight excluding hydrogens is 916 g/mol. The Balaban J connectivity index is 1.30. The molecule has 0 nitrogen and oxygen atoms in total. The Morgan fingerprint density at radius 3 is 0.644 bits per heavy atom. The van der Waals surface area contributed by atoms with Gasteiger partial charge < -0.3 is 0 Å². The van der Waals surface area contributed by atoms with Gasteiger partial charge in [-0.1, -0.05) is 0 Å². The van der Waals surface area contributed by atoms with E-state index in [9.17, 15) is 0 Å². The van der Waals surface area contributed by atoms with Crippen LogP contribution in [0.25, 0.3) is 0 Å². The zero-order valence-corrected chi connectivity index (χ0v) is 40.2. The van der Waals surface area contributed by atoms with Gasteiger partial charge in [-0.25, -0.2) is 0 Å². The van der Waals surface area contributed by atoms with Gasteiger partial charge in [0, 0.05) is 0 Å². The van der Waals surface area contributed by atoms with Crippen molar-refractivity contribution < 1.29 is 0 Å². The minimum absolute atomic E-state index is 0.372. The maximum absolute atomic E-state index is 2.46. The van der Waals surface area contributed by atoms with E-state index in [1.54, 1.807) is 26.1 Å². The molecule has 0 bridgehead atoms. The van der Waals surface area contributed by atoms with Gasteiger partial charge in [0.2, 0.25) is 0 Å². The molecule has 8 aromatic carbocycles. The quantitative estimate of drug-likeness (QED) is 0.0594. The molecule has 0 aliphatic rings. The van der Waals surface area contributed by atoms with Gasteiger partial charge in [-0.3, -0.25) is 0 Å². The molecule has 0 radical (unpaired) electrons. The molecule has 0 saturated heterocycles. The van der Waals surface area contributed by atoms with Crippen molar-refractivity contribution in [2.75, 3.05) is 18.5 Å². The normalized spacial score (nSPS) is 11.7. The maximum atomic E-state index is 2.46. The Kier molecular flexibility index (Phi) is 15.1. The summed E-state index contributed by atoms with van der Waals surface area (Å²) >= 11 is -4.98. The predicted molar refractivity (Wildman–Crippen MR) is 264 cm³/mol. The van der Waals surface area contributed by atoms with E-state index in [1.165, 1.54) is 45.2 Å². The van der Waals surface area contributed by atoms with Crippen molar-refractivity contribution in [3.63, 3.8) is 0 Å². The molecule has 59 heavy (non-hydrogen) atoms. The molecule has 0 atom stereocenters. The van der Waals surface area contributed by atoms with Gasteiger partial charge in [0.05, 0.1) is 0 Å². The Labute approximate surface area is 367 Å². The van der Waals surface area contributed by atoms with Crippen LogP contribution in [-0.4, -0.2) is 62.4 Å². The molecule has 0 heterocycles. The molecular formula is C55H53As3P+. The molecule has 0 aromatic heterocycles. The summed E-state index contributed by atoms with van der Waals surface area (Å²) < 4.78 is 9.43. The number of hydrogen-bond donors (Lipinski definition) is 0. The number of benzene rings is 8. The SMILES string of the molecule is c1ccc(C(c2ccccc2)[P+](CC[As](c2ccccc2)c2ccccc2)(CC[As](c2ccccc2)c2ccccc2)CC[As](c2ccccc2)c2ccccc2)cc1. The van der Waals surface area contributed by atoms with Crippen LogP contribution in [0, 0.1) is 0 Å². The molecule has 0 saturated carbocycles. The van der Waals surface area contributed by atoms with Gasteiger partial charge in [-0.15, -0.1) is 0 Å². The Hall–Kier alpha value is -4.13. The van der Waals surface area contributed by atoms with E-state index < -0.39 is 51.2 Å². The standard InChI is InChI=1S/C55H53As3P/c1-9-25-47(26-10-1)55(48-27-11-2-12-28-48)59(44-41-56(49-29-13-3-14-30-49)50-31-15-4-16-32-50,45-42-57(51-33-17-5-18-34-51)52-35-19-6-20-36-52)46-43-58(53-37-21-7-22-38-53)54-39-23-8-24-40-54/h1-40,55H,41-46H2/q+1. The Morgan fingerprint density at radius 2 is 0.441 bits per heavy atom. The van der Waals surface area contributed by atoms with E-state index in [0.717, 1.165) is 0 Å². The summed E-state index contributed by atoms with van der Waals surface area (Å²) in [5.74, 6) is 0. The topological polar surface area (TPSA) is 0 Å². The van der Waals surface area contributed by atoms with Gasteiger partial charge in [-0.2, -0.15) is 0 Å². The molecule has 0 aliphatic carbocycles. The van der Waals surface area contributed by atoms with Gasteiger partial charge in [0.1, 0.15) is 0 Å². The summed E-state index contributed by atoms with van der Waals surface area (Å²) in [6.45, 7) is 0. The zero-order valence-electron chi connectivity index (χ0n) is 33.7. The molecule has 0 fully saturated rings. The summed E-state index contributed by atoms with van der Waals surface area (Å²) in [7, 11) is -1.83. The van der Waals surface area contributed by atoms with Gasteiger partial charge in [0.25, 0.3) is 0 Å². The fourth-order valence-corrected chi connectivity index (χ4v) is 36.6. The van der Waals surface area contributed by atoms with Crippen LogP contribution >= 0.6 is 7.26 Å². The third-order valence-electron chi connectivity index (χ3n) is 11.5. The van der Waals surface area contributed by atoms with Crippen LogP contribution in [0.2, 0.25) is 15.6 Å². The first-order chi connectivity index (χ1) is 29.3. The molecule has 8 rings (SSSR count). The molecule has 0 N–H and O–H groups in total. The Morgan fingerprint density at radius 1 is 0.254 bits per heavy atom. The average molecular weight is 970 g/mol. The molecule has 0 spiro atoms. The monoisotopic (exact) mass is 969 g/mol. The fourth-order valence-electron chi connectivity index (χ4n) is 8.59. The van der Waals surface area contributed by atoms with E-state index in [0.29, 0.717) is 5.66 Å². The zero-order chi connectivity index (χ0) is 40.0. The van der Waals surface area contributed by atoms with Crippen molar-refractivity contribution in [1.29, 1.82) is 0 Å². The Bertz CT molecular complexity index is 2020. The van der Waals surface area contributed by atoms with Crippen molar-refractivity contribution >= 4 is 77.3 Å². The summed E-state index contributed by atoms with van der Waals surface area (Å²) in [6, 6.07) is 93.0. The first-order valence-electron chi connectivity index (χ1n) is 20.9. The summed E-state index contributed by atoms with van der Waals surface area (Å²) in [5.41, 5.74) is 3.38. The predicted octanol–water partition coefficient (Wildman–Crippen LogP) is 9.72. The average Bonchev–Trinajstić information content (AvgIpc) is 3.32. The summed E-state index contributed by atoms with van der Waals surface area (Å²) in [5, 5.41) is 3.83. The summed E-state index contributed by atoms with van der Waals surface area (Å²) in [4.78, 5) is 0. The molecule has 8 aromatic rings. The molecule has 4 heteroatoms. The van der Waals surface area contributed by atoms with Crippen LogP contribution in [0.4, 0.5) is 0 Å². The van der Waals surface area contributed by atoms with Gasteiger partial charge >= 0.3 is 371 Å². The first kappa shape index (κ1) is 41.6. The van der Waals surface area contributed by atoms with Crippen LogP contribution in [0.1, 0.15) is 16.8 Å². The van der Waals surface area contributed by atoms with Gasteiger partial charge in [0.15, 0.2) is 0 Å². The van der Waals surface area contributed by atoms with Crippen LogP contribution < -0.4 is 26.1 Å². The number of hydrogen-bond acceptors (Lipinski definition) is 0. The van der Waals surface area contributed by atoms with Crippen LogP contribution in [0.15, 0.2) is 243 Å². The van der Waals surface area contributed by atoms with E-state index in [1.807, 2.05) is 0 Å². The molecule has 0 amide bonds. The van der Waals surface area contributed by atoms with Crippen molar-refractivity contribution in [1.82, 2.24) is 0 Å². The van der Waals surface area contributed by atoms with E-state index in [-0.39, 0.29) is 0 Å². The molecule has 0 aliphatic heterocycles. The van der Waals surface area contributed by atoms with E-state index >= 15 is 0 Å². The van der Waals surface area contributed by atoms with E-state index in [4.69, 9.17) is 0 Å². The van der Waals surface area contributed by atoms with Crippen molar-refractivity contribution in [2.24, 2.45) is 0 Å². The second-order valence-electron chi connectivity index (χ2n) is 15.1. The van der Waals surface area contributed by atoms with E-state index in [2.05, 4.69) is 243 Å². The molecule has 0 unspecified atom stereocenters. The van der Waals surface area contributed by atoms with Crippen LogP contribution in [0.5, 0.6) is 0 Å². The van der Waals surface area contributed by atoms with Crippen molar-refractivity contribution in [3.8, 4) is 0 Å². The van der Waals surface area contributed by atoms with Gasteiger partial charge in [-0.05, 0) is 0 Å². The summed E-state index contributed by atoms with van der Waals surface area (Å²) in [6.07, 6.45) is 3.88. The fraction of sp³-hybridized carbons (Fsp3) is 0.127. The van der Waals surface area contributed by atoms with Crippen LogP contribution in [0.3, 0.4) is 0 Å². The first-order valence-corrected chi connectivity index (χ1v) is 32.9. The second-order valence-corrected chi connectivity index (χ2v) is 34.1.